The Morgan fingerprint density at radius 2 is 1.35 bits per heavy atom. The monoisotopic (exact) mass is 514 g/mol. The maximum atomic E-state index is 6.18. The number of fused-ring (bicyclic) bond motifs is 5. The third kappa shape index (κ3) is 3.41. The summed E-state index contributed by atoms with van der Waals surface area (Å²) < 4.78 is 8.46. The van der Waals surface area contributed by atoms with E-state index in [1.54, 1.807) is 0 Å². The Morgan fingerprint density at radius 1 is 0.625 bits per heavy atom. The van der Waals surface area contributed by atoms with Crippen LogP contribution in [0, 0.1) is 13.8 Å². The number of hydrogen-bond acceptors (Lipinski definition) is 2. The van der Waals surface area contributed by atoms with E-state index in [1.807, 2.05) is 12.3 Å². The van der Waals surface area contributed by atoms with Crippen LogP contribution in [0.25, 0.3) is 71.7 Å². The standard InChI is InChI=1S/C37H26N2O/c1-23-18-28(19-24(2)36(23)26-11-4-3-5-12-26)39-34-15-9-8-14-33(34)38-37(39)32-22-40-35-20-27-17-16-25-10-6-7-13-29(25)30(27)21-31(32)35/h3-22H,1-2H3. The first-order valence-electron chi connectivity index (χ1n) is 13.6. The molecule has 3 heteroatoms. The van der Waals surface area contributed by atoms with Crippen LogP contribution in [0.3, 0.4) is 0 Å². The first-order chi connectivity index (χ1) is 19.7. The van der Waals surface area contributed by atoms with Crippen molar-refractivity contribution >= 4 is 43.5 Å². The summed E-state index contributed by atoms with van der Waals surface area (Å²) in [4.78, 5) is 5.17. The van der Waals surface area contributed by atoms with E-state index in [9.17, 15) is 0 Å². The summed E-state index contributed by atoms with van der Waals surface area (Å²) in [5, 5.41) is 5.93. The molecule has 0 aliphatic carbocycles. The molecule has 0 bridgehead atoms. The van der Waals surface area contributed by atoms with Crippen molar-refractivity contribution in [2.75, 3.05) is 0 Å². The van der Waals surface area contributed by atoms with Crippen LogP contribution in [0.2, 0.25) is 0 Å². The summed E-state index contributed by atoms with van der Waals surface area (Å²) in [6.45, 7) is 4.39. The predicted molar refractivity (Wildman–Crippen MR) is 166 cm³/mol. The van der Waals surface area contributed by atoms with Crippen LogP contribution in [-0.2, 0) is 0 Å². The lowest BCUT2D eigenvalue weighted by molar-refractivity contribution is 0.617. The van der Waals surface area contributed by atoms with Gasteiger partial charge in [-0.1, -0.05) is 78.9 Å². The van der Waals surface area contributed by atoms with Gasteiger partial charge in [-0.15, -0.1) is 0 Å². The lowest BCUT2D eigenvalue weighted by Gasteiger charge is -2.16. The molecule has 3 nitrogen and oxygen atoms in total. The van der Waals surface area contributed by atoms with E-state index in [-0.39, 0.29) is 0 Å². The number of nitrogens with zero attached hydrogens (tertiary/aromatic N) is 2. The van der Waals surface area contributed by atoms with E-state index in [0.29, 0.717) is 0 Å². The largest absolute Gasteiger partial charge is 0.464 e. The lowest BCUT2D eigenvalue weighted by Crippen LogP contribution is -2.00. The summed E-state index contributed by atoms with van der Waals surface area (Å²) in [6, 6.07) is 40.8. The number of aromatic nitrogens is 2. The van der Waals surface area contributed by atoms with Gasteiger partial charge in [0.1, 0.15) is 17.7 Å². The smallest absolute Gasteiger partial charge is 0.149 e. The van der Waals surface area contributed by atoms with Gasteiger partial charge < -0.3 is 4.42 Å². The molecular weight excluding hydrogens is 488 g/mol. The highest BCUT2D eigenvalue weighted by Crippen LogP contribution is 2.39. The molecule has 0 saturated heterocycles. The summed E-state index contributed by atoms with van der Waals surface area (Å²) in [5.74, 6) is 0.880. The molecule has 0 spiro atoms. The van der Waals surface area contributed by atoms with Crippen molar-refractivity contribution in [1.82, 2.24) is 9.55 Å². The second-order valence-electron chi connectivity index (χ2n) is 10.6. The fraction of sp³-hybridized carbons (Fsp3) is 0.0541. The molecule has 8 aromatic rings. The topological polar surface area (TPSA) is 31.0 Å². The minimum Gasteiger partial charge on any atom is -0.464 e. The van der Waals surface area contributed by atoms with E-state index >= 15 is 0 Å². The predicted octanol–water partition coefficient (Wildman–Crippen LogP) is 10.0. The minimum atomic E-state index is 0.864. The number of furan rings is 1. The van der Waals surface area contributed by atoms with Crippen LogP contribution in [0.15, 0.2) is 126 Å². The van der Waals surface area contributed by atoms with Crippen molar-refractivity contribution in [1.29, 1.82) is 0 Å². The second kappa shape index (κ2) is 8.69. The summed E-state index contributed by atoms with van der Waals surface area (Å²) >= 11 is 0. The normalized spacial score (nSPS) is 11.8. The Bertz CT molecular complexity index is 2210. The van der Waals surface area contributed by atoms with Crippen molar-refractivity contribution < 1.29 is 4.42 Å². The SMILES string of the molecule is Cc1cc(-n2c(-c3coc4cc5ccc6ccccc6c5cc34)nc3ccccc32)cc(C)c1-c1ccccc1. The van der Waals surface area contributed by atoms with Crippen molar-refractivity contribution in [3.63, 3.8) is 0 Å². The highest BCUT2D eigenvalue weighted by molar-refractivity contribution is 6.13. The highest BCUT2D eigenvalue weighted by Gasteiger charge is 2.20. The highest BCUT2D eigenvalue weighted by atomic mass is 16.3. The first kappa shape index (κ1) is 22.8. The van der Waals surface area contributed by atoms with Crippen molar-refractivity contribution in [2.24, 2.45) is 0 Å². The third-order valence-electron chi connectivity index (χ3n) is 8.08. The average molecular weight is 515 g/mol. The fourth-order valence-electron chi connectivity index (χ4n) is 6.30. The molecule has 0 N–H and O–H groups in total. The first-order valence-corrected chi connectivity index (χ1v) is 13.6. The van der Waals surface area contributed by atoms with Crippen molar-refractivity contribution in [2.45, 2.75) is 13.8 Å². The van der Waals surface area contributed by atoms with Gasteiger partial charge in [0.05, 0.1) is 16.6 Å². The molecule has 0 radical (unpaired) electrons. The van der Waals surface area contributed by atoms with Gasteiger partial charge >= 0.3 is 0 Å². The molecule has 40 heavy (non-hydrogen) atoms. The van der Waals surface area contributed by atoms with E-state index < -0.39 is 0 Å². The number of para-hydroxylation sites is 2. The van der Waals surface area contributed by atoms with E-state index in [1.165, 1.54) is 43.8 Å². The van der Waals surface area contributed by atoms with Crippen LogP contribution >= 0.6 is 0 Å². The number of imidazole rings is 1. The van der Waals surface area contributed by atoms with Crippen molar-refractivity contribution in [3.8, 4) is 28.2 Å². The van der Waals surface area contributed by atoms with Crippen LogP contribution in [0.5, 0.6) is 0 Å². The quantitative estimate of drug-likeness (QED) is 0.220. The zero-order valence-corrected chi connectivity index (χ0v) is 22.3. The number of hydrogen-bond donors (Lipinski definition) is 0. The van der Waals surface area contributed by atoms with Crippen LogP contribution in [0.1, 0.15) is 11.1 Å². The van der Waals surface area contributed by atoms with Gasteiger partial charge in [0, 0.05) is 11.1 Å². The summed E-state index contributed by atoms with van der Waals surface area (Å²) in [5.41, 5.74) is 9.97. The molecule has 0 fully saturated rings. The van der Waals surface area contributed by atoms with Crippen LogP contribution in [0.4, 0.5) is 0 Å². The Morgan fingerprint density at radius 3 is 2.20 bits per heavy atom. The Balaban J connectivity index is 1.40. The zero-order valence-electron chi connectivity index (χ0n) is 22.3. The number of rotatable bonds is 3. The molecule has 0 atom stereocenters. The lowest BCUT2D eigenvalue weighted by atomic mass is 9.95. The van der Waals surface area contributed by atoms with E-state index in [2.05, 4.69) is 128 Å². The van der Waals surface area contributed by atoms with E-state index in [4.69, 9.17) is 9.40 Å². The summed E-state index contributed by atoms with van der Waals surface area (Å²) in [7, 11) is 0. The van der Waals surface area contributed by atoms with Gasteiger partial charge in [-0.2, -0.15) is 0 Å². The Kier molecular flexibility index (Phi) is 4.95. The fourth-order valence-corrected chi connectivity index (χ4v) is 6.30. The molecule has 0 unspecified atom stereocenters. The summed E-state index contributed by atoms with van der Waals surface area (Å²) in [6.07, 6.45) is 1.86. The van der Waals surface area contributed by atoms with Gasteiger partial charge in [-0.05, 0) is 94.0 Å². The Labute approximate surface area is 231 Å². The Hall–Kier alpha value is -5.15. The molecule has 8 rings (SSSR count). The van der Waals surface area contributed by atoms with Crippen LogP contribution < -0.4 is 0 Å². The molecule has 2 heterocycles. The minimum absolute atomic E-state index is 0.864. The molecule has 0 aliphatic heterocycles. The maximum absolute atomic E-state index is 6.18. The molecule has 6 aromatic carbocycles. The van der Waals surface area contributed by atoms with Gasteiger partial charge in [0.15, 0.2) is 0 Å². The number of benzene rings is 6. The van der Waals surface area contributed by atoms with Gasteiger partial charge in [0.25, 0.3) is 0 Å². The van der Waals surface area contributed by atoms with Gasteiger partial charge in [-0.3, -0.25) is 4.57 Å². The van der Waals surface area contributed by atoms with E-state index in [0.717, 1.165) is 39.1 Å². The molecule has 0 saturated carbocycles. The molecule has 2 aromatic heterocycles. The third-order valence-corrected chi connectivity index (χ3v) is 8.08. The maximum Gasteiger partial charge on any atom is 0.149 e. The molecule has 0 amide bonds. The zero-order chi connectivity index (χ0) is 26.8. The van der Waals surface area contributed by atoms with Gasteiger partial charge in [0.2, 0.25) is 0 Å². The van der Waals surface area contributed by atoms with Gasteiger partial charge in [-0.25, -0.2) is 4.98 Å². The van der Waals surface area contributed by atoms with Crippen molar-refractivity contribution in [3.05, 3.63) is 133 Å². The molecular formula is C37H26N2O. The molecule has 0 aliphatic rings. The average Bonchev–Trinajstić information content (AvgIpc) is 3.57. The molecule has 190 valence electrons. The number of aryl methyl sites for hydroxylation is 2. The van der Waals surface area contributed by atoms with Crippen LogP contribution in [-0.4, -0.2) is 9.55 Å². The second-order valence-corrected chi connectivity index (χ2v) is 10.6.